The number of carbonyl (C=O) groups is 1. The molecule has 1 aliphatic rings. The zero-order chi connectivity index (χ0) is 19.9. The van der Waals surface area contributed by atoms with Gasteiger partial charge in [-0.3, -0.25) is 0 Å². The molecule has 1 aliphatic heterocycles. The second kappa shape index (κ2) is 7.40. The molecule has 146 valence electrons. The molecule has 8 nitrogen and oxygen atoms in total. The van der Waals surface area contributed by atoms with Crippen LogP contribution in [0.15, 0.2) is 30.7 Å². The first-order valence-electron chi connectivity index (χ1n) is 8.74. The van der Waals surface area contributed by atoms with Crippen LogP contribution >= 0.6 is 0 Å². The Morgan fingerprint density at radius 1 is 1.19 bits per heavy atom. The average Bonchev–Trinajstić information content (AvgIpc) is 3.11. The predicted octanol–water partition coefficient (Wildman–Crippen LogP) is 0.716. The first-order valence-corrected chi connectivity index (χ1v) is 8.74. The van der Waals surface area contributed by atoms with Gasteiger partial charge in [-0.1, -0.05) is 25.1 Å². The molecule has 0 bridgehead atoms. The number of ether oxygens (including phenoxy) is 1. The van der Waals surface area contributed by atoms with E-state index in [4.69, 9.17) is 4.74 Å². The fourth-order valence-corrected chi connectivity index (χ4v) is 3.56. The zero-order valence-electron chi connectivity index (χ0n) is 15.4. The van der Waals surface area contributed by atoms with E-state index in [0.29, 0.717) is 5.69 Å². The first-order chi connectivity index (χ1) is 12.7. The van der Waals surface area contributed by atoms with Crippen molar-refractivity contribution >= 4 is 5.97 Å². The predicted molar refractivity (Wildman–Crippen MR) is 95.2 cm³/mol. The van der Waals surface area contributed by atoms with Crippen LogP contribution in [0, 0.1) is 13.8 Å². The Bertz CT molecular complexity index is 835. The number of carboxylic acid groups (broad SMARTS) is 1. The highest BCUT2D eigenvalue weighted by atomic mass is 16.6. The number of hydrogen-bond donors (Lipinski definition) is 4. The molecule has 0 radical (unpaired) electrons. The number of aliphatic hydroxyl groups excluding tert-OH is 3. The molecule has 3 rings (SSSR count). The van der Waals surface area contributed by atoms with Crippen molar-refractivity contribution < 1.29 is 30.0 Å². The van der Waals surface area contributed by atoms with Crippen LogP contribution in [0.3, 0.4) is 0 Å². The van der Waals surface area contributed by atoms with Crippen molar-refractivity contribution in [1.82, 2.24) is 9.55 Å². The van der Waals surface area contributed by atoms with Crippen molar-refractivity contribution in [3.8, 4) is 0 Å². The second-order valence-electron chi connectivity index (χ2n) is 6.99. The molecular formula is C19H24N2O6. The van der Waals surface area contributed by atoms with Gasteiger partial charge in [-0.15, -0.1) is 0 Å². The van der Waals surface area contributed by atoms with E-state index in [9.17, 15) is 25.2 Å². The van der Waals surface area contributed by atoms with Gasteiger partial charge in [-0.2, -0.15) is 0 Å². The van der Waals surface area contributed by atoms with Crippen molar-refractivity contribution in [2.75, 3.05) is 0 Å². The fourth-order valence-electron chi connectivity index (χ4n) is 3.56. The van der Waals surface area contributed by atoms with E-state index in [-0.39, 0.29) is 5.92 Å². The minimum atomic E-state index is -1.72. The van der Waals surface area contributed by atoms with E-state index < -0.39 is 36.6 Å². The summed E-state index contributed by atoms with van der Waals surface area (Å²) >= 11 is 0. The van der Waals surface area contributed by atoms with Crippen molar-refractivity contribution in [1.29, 1.82) is 0 Å². The van der Waals surface area contributed by atoms with Crippen molar-refractivity contribution in [2.45, 2.75) is 57.3 Å². The number of nitrogens with zero attached hydrogens (tertiary/aromatic N) is 2. The maximum absolute atomic E-state index is 11.4. The van der Waals surface area contributed by atoms with Gasteiger partial charge in [0.25, 0.3) is 0 Å². The lowest BCUT2D eigenvalue weighted by atomic mass is 9.91. The van der Waals surface area contributed by atoms with Gasteiger partial charge >= 0.3 is 5.97 Å². The molecule has 1 saturated heterocycles. The lowest BCUT2D eigenvalue weighted by molar-refractivity contribution is -0.247. The fraction of sp³-hybridized carbons (Fsp3) is 0.474. The minimum Gasteiger partial charge on any atom is -0.479 e. The van der Waals surface area contributed by atoms with Gasteiger partial charge in [-0.05, 0) is 30.5 Å². The number of aryl methyl sites for hydroxylation is 1. The zero-order valence-corrected chi connectivity index (χ0v) is 15.4. The molecule has 0 amide bonds. The normalized spacial score (nSPS) is 29.5. The topological polar surface area (TPSA) is 125 Å². The number of aliphatic carboxylic acids is 1. The van der Waals surface area contributed by atoms with Crippen LogP contribution in [0.1, 0.15) is 41.5 Å². The van der Waals surface area contributed by atoms with Crippen LogP contribution in [0.5, 0.6) is 0 Å². The molecule has 0 aliphatic carbocycles. The van der Waals surface area contributed by atoms with Crippen LogP contribution < -0.4 is 0 Å². The number of carboxylic acids is 1. The summed E-state index contributed by atoms with van der Waals surface area (Å²) in [6.07, 6.45) is -4.68. The van der Waals surface area contributed by atoms with Crippen LogP contribution in [-0.2, 0) is 9.53 Å². The third kappa shape index (κ3) is 3.37. The number of rotatable bonds is 4. The number of hydrogen-bond acceptors (Lipinski definition) is 6. The van der Waals surface area contributed by atoms with Crippen LogP contribution in [0.2, 0.25) is 0 Å². The van der Waals surface area contributed by atoms with Crippen molar-refractivity contribution in [2.24, 2.45) is 0 Å². The maximum Gasteiger partial charge on any atom is 0.335 e. The quantitative estimate of drug-likeness (QED) is 0.619. The molecular weight excluding hydrogens is 352 g/mol. The van der Waals surface area contributed by atoms with Gasteiger partial charge in [0.1, 0.15) is 18.3 Å². The highest BCUT2D eigenvalue weighted by Crippen LogP contribution is 2.34. The standard InChI is InChI=1S/C19H24N2O6/c1-9-5-4-6-12(10(9)2)11(3)13-7-20-8-21(13)18-16(24)14(22)15(23)17(27-18)19(25)26/h4-8,11,14-18,22-24H,1-3H3,(H,25,26)/t11-,14?,15?,16?,17?,18?/m0/s1. The number of imidazole rings is 1. The second-order valence-corrected chi connectivity index (χ2v) is 6.99. The Morgan fingerprint density at radius 2 is 1.89 bits per heavy atom. The molecule has 1 aromatic carbocycles. The van der Waals surface area contributed by atoms with Crippen molar-refractivity contribution in [3.63, 3.8) is 0 Å². The van der Waals surface area contributed by atoms with Gasteiger partial charge in [-0.25, -0.2) is 9.78 Å². The van der Waals surface area contributed by atoms with E-state index in [0.717, 1.165) is 16.7 Å². The summed E-state index contributed by atoms with van der Waals surface area (Å²) < 4.78 is 6.95. The Balaban J connectivity index is 1.98. The summed E-state index contributed by atoms with van der Waals surface area (Å²) in [5, 5.41) is 39.6. The van der Waals surface area contributed by atoms with Gasteiger partial charge < -0.3 is 29.7 Å². The first kappa shape index (κ1) is 19.5. The molecule has 4 N–H and O–H groups in total. The van der Waals surface area contributed by atoms with E-state index in [1.165, 1.54) is 10.9 Å². The Hall–Kier alpha value is -2.26. The van der Waals surface area contributed by atoms with Gasteiger partial charge in [0, 0.05) is 17.8 Å². The van der Waals surface area contributed by atoms with Crippen molar-refractivity contribution in [3.05, 3.63) is 53.1 Å². The monoisotopic (exact) mass is 376 g/mol. The maximum atomic E-state index is 11.4. The van der Waals surface area contributed by atoms with Gasteiger partial charge in [0.05, 0.1) is 6.33 Å². The van der Waals surface area contributed by atoms with Crippen LogP contribution in [-0.4, -0.2) is 60.4 Å². The largest absolute Gasteiger partial charge is 0.479 e. The lowest BCUT2D eigenvalue weighted by Gasteiger charge is -2.40. The van der Waals surface area contributed by atoms with Gasteiger partial charge in [0.2, 0.25) is 0 Å². The molecule has 5 unspecified atom stereocenters. The molecule has 2 heterocycles. The molecule has 6 atom stereocenters. The third-order valence-electron chi connectivity index (χ3n) is 5.36. The molecule has 8 heteroatoms. The number of aliphatic hydroxyl groups is 3. The Kier molecular flexibility index (Phi) is 5.34. The highest BCUT2D eigenvalue weighted by Gasteiger charge is 2.48. The number of aromatic nitrogens is 2. The van der Waals surface area contributed by atoms with E-state index in [1.54, 1.807) is 6.20 Å². The Labute approximate surface area is 156 Å². The van der Waals surface area contributed by atoms with Crippen LogP contribution in [0.25, 0.3) is 0 Å². The summed E-state index contributed by atoms with van der Waals surface area (Å²) in [6, 6.07) is 5.98. The summed E-state index contributed by atoms with van der Waals surface area (Å²) in [6.45, 7) is 6.02. The van der Waals surface area contributed by atoms with E-state index in [2.05, 4.69) is 4.98 Å². The molecule has 2 aromatic rings. The van der Waals surface area contributed by atoms with E-state index >= 15 is 0 Å². The number of benzene rings is 1. The summed E-state index contributed by atoms with van der Waals surface area (Å²) in [4.78, 5) is 15.5. The molecule has 0 saturated carbocycles. The van der Waals surface area contributed by atoms with Gasteiger partial charge in [0.15, 0.2) is 12.3 Å². The molecule has 27 heavy (non-hydrogen) atoms. The SMILES string of the molecule is Cc1cccc([C@H](C)c2cncn2C2OC(C(=O)O)C(O)C(O)C2O)c1C. The summed E-state index contributed by atoms with van der Waals surface area (Å²) in [5.41, 5.74) is 4.03. The minimum absolute atomic E-state index is 0.115. The Morgan fingerprint density at radius 3 is 2.56 bits per heavy atom. The molecule has 1 fully saturated rings. The average molecular weight is 376 g/mol. The summed E-state index contributed by atoms with van der Waals surface area (Å²) in [5.74, 6) is -1.53. The third-order valence-corrected chi connectivity index (χ3v) is 5.36. The van der Waals surface area contributed by atoms with E-state index in [1.807, 2.05) is 39.0 Å². The summed E-state index contributed by atoms with van der Waals surface area (Å²) in [7, 11) is 0. The lowest BCUT2D eigenvalue weighted by Crippen LogP contribution is -2.57. The molecule has 0 spiro atoms. The smallest absolute Gasteiger partial charge is 0.335 e. The molecule has 1 aromatic heterocycles. The van der Waals surface area contributed by atoms with Crippen LogP contribution in [0.4, 0.5) is 0 Å². The highest BCUT2D eigenvalue weighted by molar-refractivity contribution is 5.73.